The summed E-state index contributed by atoms with van der Waals surface area (Å²) >= 11 is 0. The second-order valence-electron chi connectivity index (χ2n) is 5.30. The van der Waals surface area contributed by atoms with E-state index in [1.807, 2.05) is 12.1 Å². The standard InChI is InChI=1S/C18H24N2/c1-3-13-20(14-16-7-5-4-6-8-16)15(2)17-9-11-18(19)12-10-17/h4-12,15H,3,13-14,19H2,1-2H3. The highest BCUT2D eigenvalue weighted by atomic mass is 15.1. The Kier molecular flexibility index (Phi) is 5.19. The van der Waals surface area contributed by atoms with Crippen LogP contribution in [0.4, 0.5) is 5.69 Å². The number of nitrogens with zero attached hydrogens (tertiary/aromatic N) is 1. The lowest BCUT2D eigenvalue weighted by molar-refractivity contribution is 0.202. The number of benzene rings is 2. The number of rotatable bonds is 6. The average molecular weight is 268 g/mol. The summed E-state index contributed by atoms with van der Waals surface area (Å²) in [5.74, 6) is 0. The van der Waals surface area contributed by atoms with Gasteiger partial charge in [-0.25, -0.2) is 0 Å². The highest BCUT2D eigenvalue weighted by Gasteiger charge is 2.15. The zero-order valence-electron chi connectivity index (χ0n) is 12.4. The van der Waals surface area contributed by atoms with Crippen molar-refractivity contribution in [1.82, 2.24) is 4.90 Å². The summed E-state index contributed by atoms with van der Waals surface area (Å²) in [6, 6.07) is 19.3. The zero-order valence-corrected chi connectivity index (χ0v) is 12.4. The van der Waals surface area contributed by atoms with Crippen LogP contribution in [0, 0.1) is 0 Å². The van der Waals surface area contributed by atoms with Gasteiger partial charge in [-0.3, -0.25) is 4.90 Å². The fourth-order valence-electron chi connectivity index (χ4n) is 2.50. The summed E-state index contributed by atoms with van der Waals surface area (Å²) in [4.78, 5) is 2.51. The van der Waals surface area contributed by atoms with E-state index < -0.39 is 0 Å². The third-order valence-corrected chi connectivity index (χ3v) is 3.71. The van der Waals surface area contributed by atoms with Crippen LogP contribution < -0.4 is 5.73 Å². The molecule has 1 atom stereocenters. The normalized spacial score (nSPS) is 12.6. The number of hydrogen-bond donors (Lipinski definition) is 1. The van der Waals surface area contributed by atoms with Crippen LogP contribution in [0.5, 0.6) is 0 Å². The van der Waals surface area contributed by atoms with E-state index in [0.29, 0.717) is 6.04 Å². The Morgan fingerprint density at radius 1 is 1.00 bits per heavy atom. The van der Waals surface area contributed by atoms with Crippen molar-refractivity contribution in [2.45, 2.75) is 32.9 Å². The number of nitrogens with two attached hydrogens (primary N) is 1. The molecule has 0 radical (unpaired) electrons. The SMILES string of the molecule is CCCN(Cc1ccccc1)C(C)c1ccc(N)cc1. The Morgan fingerprint density at radius 3 is 2.25 bits per heavy atom. The molecule has 0 aliphatic heterocycles. The van der Waals surface area contributed by atoms with Crippen LogP contribution in [-0.2, 0) is 6.54 Å². The van der Waals surface area contributed by atoms with Gasteiger partial charge in [-0.1, -0.05) is 49.4 Å². The predicted molar refractivity (Wildman–Crippen MR) is 86.4 cm³/mol. The van der Waals surface area contributed by atoms with Crippen LogP contribution in [0.15, 0.2) is 54.6 Å². The summed E-state index contributed by atoms with van der Waals surface area (Å²) in [7, 11) is 0. The van der Waals surface area contributed by atoms with Crippen molar-refractivity contribution in [3.8, 4) is 0 Å². The van der Waals surface area contributed by atoms with Crippen LogP contribution in [-0.4, -0.2) is 11.4 Å². The second kappa shape index (κ2) is 7.11. The molecular formula is C18H24N2. The second-order valence-corrected chi connectivity index (χ2v) is 5.30. The monoisotopic (exact) mass is 268 g/mol. The van der Waals surface area contributed by atoms with E-state index in [1.54, 1.807) is 0 Å². The van der Waals surface area contributed by atoms with E-state index >= 15 is 0 Å². The minimum absolute atomic E-state index is 0.399. The van der Waals surface area contributed by atoms with E-state index in [-0.39, 0.29) is 0 Å². The lowest BCUT2D eigenvalue weighted by atomic mass is 10.1. The van der Waals surface area contributed by atoms with Crippen LogP contribution in [0.2, 0.25) is 0 Å². The molecule has 20 heavy (non-hydrogen) atoms. The third-order valence-electron chi connectivity index (χ3n) is 3.71. The molecule has 2 N–H and O–H groups in total. The molecule has 0 bridgehead atoms. The minimum Gasteiger partial charge on any atom is -0.399 e. The van der Waals surface area contributed by atoms with E-state index in [4.69, 9.17) is 5.73 Å². The molecule has 106 valence electrons. The molecule has 0 aliphatic carbocycles. The topological polar surface area (TPSA) is 29.3 Å². The Labute approximate surface area is 122 Å². The van der Waals surface area contributed by atoms with Crippen molar-refractivity contribution in [2.75, 3.05) is 12.3 Å². The molecular weight excluding hydrogens is 244 g/mol. The van der Waals surface area contributed by atoms with Gasteiger partial charge < -0.3 is 5.73 Å². The molecule has 0 aromatic heterocycles. The zero-order chi connectivity index (χ0) is 14.4. The fraction of sp³-hybridized carbons (Fsp3) is 0.333. The first-order valence-corrected chi connectivity index (χ1v) is 7.34. The van der Waals surface area contributed by atoms with Crippen molar-refractivity contribution < 1.29 is 0 Å². The Morgan fingerprint density at radius 2 is 1.65 bits per heavy atom. The molecule has 0 amide bonds. The summed E-state index contributed by atoms with van der Waals surface area (Å²) in [6.07, 6.45) is 1.16. The molecule has 0 saturated heterocycles. The molecule has 2 aromatic rings. The maximum absolute atomic E-state index is 5.77. The van der Waals surface area contributed by atoms with Gasteiger partial charge in [0.2, 0.25) is 0 Å². The largest absolute Gasteiger partial charge is 0.399 e. The van der Waals surface area contributed by atoms with Crippen molar-refractivity contribution >= 4 is 5.69 Å². The number of anilines is 1. The first kappa shape index (κ1) is 14.6. The smallest absolute Gasteiger partial charge is 0.0323 e. The first-order chi connectivity index (χ1) is 9.70. The maximum atomic E-state index is 5.77. The lowest BCUT2D eigenvalue weighted by Crippen LogP contribution is -2.27. The Balaban J connectivity index is 2.13. The molecule has 0 heterocycles. The van der Waals surface area contributed by atoms with E-state index in [0.717, 1.165) is 25.2 Å². The van der Waals surface area contributed by atoms with Crippen molar-refractivity contribution in [3.05, 3.63) is 65.7 Å². The maximum Gasteiger partial charge on any atom is 0.0323 e. The summed E-state index contributed by atoms with van der Waals surface area (Å²) < 4.78 is 0. The van der Waals surface area contributed by atoms with Gasteiger partial charge in [0.25, 0.3) is 0 Å². The van der Waals surface area contributed by atoms with Crippen LogP contribution in [0.25, 0.3) is 0 Å². The number of nitrogen functional groups attached to an aromatic ring is 1. The molecule has 2 nitrogen and oxygen atoms in total. The summed E-state index contributed by atoms with van der Waals surface area (Å²) in [5.41, 5.74) is 9.28. The van der Waals surface area contributed by atoms with Gasteiger partial charge >= 0.3 is 0 Å². The van der Waals surface area contributed by atoms with Gasteiger partial charge in [-0.15, -0.1) is 0 Å². The van der Waals surface area contributed by atoms with Gasteiger partial charge in [0.1, 0.15) is 0 Å². The molecule has 0 aliphatic rings. The fourth-order valence-corrected chi connectivity index (χ4v) is 2.50. The quantitative estimate of drug-likeness (QED) is 0.794. The van der Waals surface area contributed by atoms with Gasteiger partial charge in [-0.2, -0.15) is 0 Å². The van der Waals surface area contributed by atoms with Gasteiger partial charge in [-0.05, 0) is 43.1 Å². The predicted octanol–water partition coefficient (Wildman–Crippen LogP) is 4.24. The summed E-state index contributed by atoms with van der Waals surface area (Å²) in [6.45, 7) is 6.58. The molecule has 0 fully saturated rings. The van der Waals surface area contributed by atoms with Gasteiger partial charge in [0, 0.05) is 18.3 Å². The van der Waals surface area contributed by atoms with Crippen LogP contribution in [0.1, 0.15) is 37.4 Å². The molecule has 2 aromatic carbocycles. The van der Waals surface area contributed by atoms with Crippen LogP contribution >= 0.6 is 0 Å². The summed E-state index contributed by atoms with van der Waals surface area (Å²) in [5, 5.41) is 0. The van der Waals surface area contributed by atoms with Gasteiger partial charge in [0.15, 0.2) is 0 Å². The average Bonchev–Trinajstić information content (AvgIpc) is 2.48. The molecule has 1 unspecified atom stereocenters. The minimum atomic E-state index is 0.399. The van der Waals surface area contributed by atoms with Gasteiger partial charge in [0.05, 0.1) is 0 Å². The van der Waals surface area contributed by atoms with Crippen LogP contribution in [0.3, 0.4) is 0 Å². The Bertz CT molecular complexity index is 505. The highest BCUT2D eigenvalue weighted by Crippen LogP contribution is 2.23. The molecule has 2 heteroatoms. The molecule has 0 saturated carbocycles. The van der Waals surface area contributed by atoms with Crippen molar-refractivity contribution in [3.63, 3.8) is 0 Å². The Hall–Kier alpha value is -1.80. The van der Waals surface area contributed by atoms with Crippen molar-refractivity contribution in [1.29, 1.82) is 0 Å². The van der Waals surface area contributed by atoms with Crippen molar-refractivity contribution in [2.24, 2.45) is 0 Å². The number of hydrogen-bond acceptors (Lipinski definition) is 2. The highest BCUT2D eigenvalue weighted by molar-refractivity contribution is 5.40. The third kappa shape index (κ3) is 3.84. The van der Waals surface area contributed by atoms with E-state index in [9.17, 15) is 0 Å². The molecule has 2 rings (SSSR count). The first-order valence-electron chi connectivity index (χ1n) is 7.34. The molecule has 0 spiro atoms. The van der Waals surface area contributed by atoms with E-state index in [2.05, 4.69) is 61.2 Å². The lowest BCUT2D eigenvalue weighted by Gasteiger charge is -2.29. The van der Waals surface area contributed by atoms with E-state index in [1.165, 1.54) is 11.1 Å².